The van der Waals surface area contributed by atoms with Crippen LogP contribution < -0.4 is 5.32 Å². The lowest BCUT2D eigenvalue weighted by molar-refractivity contribution is -0.176. The summed E-state index contributed by atoms with van der Waals surface area (Å²) in [5.74, 6) is -0.754. The zero-order valence-electron chi connectivity index (χ0n) is 15.0. The molecule has 0 aliphatic heterocycles. The van der Waals surface area contributed by atoms with Crippen molar-refractivity contribution in [2.75, 3.05) is 6.61 Å². The highest BCUT2D eigenvalue weighted by Crippen LogP contribution is 2.27. The summed E-state index contributed by atoms with van der Waals surface area (Å²) < 4.78 is 54.6. The number of amides is 1. The Balaban J connectivity index is 1.53. The second-order valence-electron chi connectivity index (χ2n) is 6.12. The zero-order valence-corrected chi connectivity index (χ0v) is 15.8. The fraction of sp³-hybridized carbons (Fsp3) is 0.200. The highest BCUT2D eigenvalue weighted by Gasteiger charge is 2.27. The molecule has 0 saturated heterocycles. The van der Waals surface area contributed by atoms with Gasteiger partial charge in [-0.2, -0.15) is 13.2 Å². The SMILES string of the molecule is O=C(NCc1ccc(COCC(F)(F)F)cc1)c1cnc(-c2ccccc2F)s1. The standard InChI is InChI=1S/C20H16F4N2O2S/c21-16-4-2-1-3-15(16)19-26-10-17(29-19)18(27)25-9-13-5-7-14(8-6-13)11-28-12-20(22,23)24/h1-8,10H,9,11-12H2,(H,25,27). The maximum atomic E-state index is 13.8. The maximum Gasteiger partial charge on any atom is 0.411 e. The Hall–Kier alpha value is -2.78. The fourth-order valence-electron chi connectivity index (χ4n) is 2.45. The van der Waals surface area contributed by atoms with Crippen molar-refractivity contribution in [3.8, 4) is 10.6 Å². The quantitative estimate of drug-likeness (QED) is 0.546. The number of nitrogens with one attached hydrogen (secondary N) is 1. The summed E-state index contributed by atoms with van der Waals surface area (Å²) >= 11 is 1.09. The molecule has 152 valence electrons. The van der Waals surface area contributed by atoms with E-state index in [1.807, 2.05) is 0 Å². The van der Waals surface area contributed by atoms with E-state index in [-0.39, 0.29) is 19.1 Å². The van der Waals surface area contributed by atoms with Crippen LogP contribution in [0.15, 0.2) is 54.7 Å². The van der Waals surface area contributed by atoms with Crippen LogP contribution in [-0.2, 0) is 17.9 Å². The summed E-state index contributed by atoms with van der Waals surface area (Å²) in [6.45, 7) is -1.21. The average Bonchev–Trinajstić information content (AvgIpc) is 3.16. The van der Waals surface area contributed by atoms with Crippen LogP contribution in [-0.4, -0.2) is 23.7 Å². The number of rotatable bonds is 7. The summed E-state index contributed by atoms with van der Waals surface area (Å²) in [6, 6.07) is 12.9. The summed E-state index contributed by atoms with van der Waals surface area (Å²) in [5, 5.41) is 3.15. The molecule has 2 aromatic carbocycles. The second-order valence-corrected chi connectivity index (χ2v) is 7.15. The number of halogens is 4. The van der Waals surface area contributed by atoms with Crippen LogP contribution in [0.4, 0.5) is 17.6 Å². The molecule has 0 radical (unpaired) electrons. The summed E-state index contributed by atoms with van der Waals surface area (Å²) in [6.07, 6.45) is -2.96. The number of nitrogens with zero attached hydrogens (tertiary/aromatic N) is 1. The van der Waals surface area contributed by atoms with Crippen LogP contribution in [0.25, 0.3) is 10.6 Å². The molecule has 0 aliphatic carbocycles. The molecule has 4 nitrogen and oxygen atoms in total. The number of hydrogen-bond donors (Lipinski definition) is 1. The van der Waals surface area contributed by atoms with Crippen molar-refractivity contribution < 1.29 is 27.1 Å². The third-order valence-corrected chi connectivity index (χ3v) is 4.87. The maximum absolute atomic E-state index is 13.8. The van der Waals surface area contributed by atoms with Gasteiger partial charge in [-0.3, -0.25) is 4.79 Å². The smallest absolute Gasteiger partial charge is 0.367 e. The highest BCUT2D eigenvalue weighted by atomic mass is 32.1. The molecule has 1 amide bonds. The molecule has 1 N–H and O–H groups in total. The molecule has 0 bridgehead atoms. The average molecular weight is 424 g/mol. The van der Waals surface area contributed by atoms with E-state index in [2.05, 4.69) is 15.0 Å². The number of carbonyl (C=O) groups excluding carboxylic acids is 1. The summed E-state index contributed by atoms with van der Waals surface area (Å²) in [7, 11) is 0. The fourth-order valence-corrected chi connectivity index (χ4v) is 3.31. The first kappa shape index (κ1) is 20.9. The predicted octanol–water partition coefficient (Wildman–Crippen LogP) is 4.96. The lowest BCUT2D eigenvalue weighted by Crippen LogP contribution is -2.21. The second kappa shape index (κ2) is 9.15. The number of alkyl halides is 3. The third-order valence-electron chi connectivity index (χ3n) is 3.84. The Bertz CT molecular complexity index is 971. The topological polar surface area (TPSA) is 51.2 Å². The monoisotopic (exact) mass is 424 g/mol. The van der Waals surface area contributed by atoms with Gasteiger partial charge in [0.25, 0.3) is 5.91 Å². The Labute approximate surface area is 168 Å². The van der Waals surface area contributed by atoms with Gasteiger partial charge in [-0.15, -0.1) is 11.3 Å². The van der Waals surface area contributed by atoms with Crippen LogP contribution >= 0.6 is 11.3 Å². The molecule has 0 atom stereocenters. The zero-order chi connectivity index (χ0) is 20.9. The van der Waals surface area contributed by atoms with Gasteiger partial charge in [0.2, 0.25) is 0 Å². The Kier molecular flexibility index (Phi) is 6.60. The Morgan fingerprint density at radius 1 is 1.07 bits per heavy atom. The van der Waals surface area contributed by atoms with Crippen LogP contribution in [0.1, 0.15) is 20.8 Å². The van der Waals surface area contributed by atoms with E-state index >= 15 is 0 Å². The van der Waals surface area contributed by atoms with Crippen LogP contribution in [0, 0.1) is 5.82 Å². The molecule has 0 spiro atoms. The van der Waals surface area contributed by atoms with Crippen LogP contribution in [0.5, 0.6) is 0 Å². The number of hydrogen-bond acceptors (Lipinski definition) is 4. The molecule has 9 heteroatoms. The van der Waals surface area contributed by atoms with E-state index in [0.717, 1.165) is 16.9 Å². The summed E-state index contributed by atoms with van der Waals surface area (Å²) in [4.78, 5) is 16.7. The predicted molar refractivity (Wildman–Crippen MR) is 101 cm³/mol. The van der Waals surface area contributed by atoms with Crippen LogP contribution in [0.3, 0.4) is 0 Å². The van der Waals surface area contributed by atoms with Crippen molar-refractivity contribution in [3.63, 3.8) is 0 Å². The molecule has 3 rings (SSSR count). The van der Waals surface area contributed by atoms with E-state index in [9.17, 15) is 22.4 Å². The molecule has 0 unspecified atom stereocenters. The van der Waals surface area contributed by atoms with E-state index in [1.54, 1.807) is 42.5 Å². The number of carbonyl (C=O) groups is 1. The van der Waals surface area contributed by atoms with Crippen molar-refractivity contribution in [3.05, 3.63) is 76.5 Å². The van der Waals surface area contributed by atoms with Gasteiger partial charge in [-0.05, 0) is 23.3 Å². The van der Waals surface area contributed by atoms with E-state index in [4.69, 9.17) is 0 Å². The van der Waals surface area contributed by atoms with Crippen molar-refractivity contribution in [2.24, 2.45) is 0 Å². The minimum Gasteiger partial charge on any atom is -0.367 e. The largest absolute Gasteiger partial charge is 0.411 e. The first-order chi connectivity index (χ1) is 13.8. The third kappa shape index (κ3) is 6.10. The molecule has 3 aromatic rings. The van der Waals surface area contributed by atoms with Crippen molar-refractivity contribution in [1.82, 2.24) is 10.3 Å². The van der Waals surface area contributed by atoms with E-state index in [0.29, 0.717) is 21.0 Å². The first-order valence-corrected chi connectivity index (χ1v) is 9.35. The first-order valence-electron chi connectivity index (χ1n) is 8.53. The lowest BCUT2D eigenvalue weighted by Gasteiger charge is -2.08. The van der Waals surface area contributed by atoms with E-state index < -0.39 is 18.6 Å². The number of benzene rings is 2. The molecular weight excluding hydrogens is 408 g/mol. The van der Waals surface area contributed by atoms with Gasteiger partial charge in [0.15, 0.2) is 0 Å². The van der Waals surface area contributed by atoms with Crippen molar-refractivity contribution in [1.29, 1.82) is 0 Å². The summed E-state index contributed by atoms with van der Waals surface area (Å²) in [5.41, 5.74) is 1.71. The number of aromatic nitrogens is 1. The van der Waals surface area contributed by atoms with Gasteiger partial charge >= 0.3 is 6.18 Å². The van der Waals surface area contributed by atoms with Gasteiger partial charge in [0.05, 0.1) is 12.8 Å². The van der Waals surface area contributed by atoms with Gasteiger partial charge in [-0.1, -0.05) is 36.4 Å². The van der Waals surface area contributed by atoms with Gasteiger partial charge in [0.1, 0.15) is 22.3 Å². The normalized spacial score (nSPS) is 11.4. The molecule has 1 aromatic heterocycles. The highest BCUT2D eigenvalue weighted by molar-refractivity contribution is 7.16. The van der Waals surface area contributed by atoms with Gasteiger partial charge < -0.3 is 10.1 Å². The molecule has 1 heterocycles. The minimum atomic E-state index is -4.35. The molecule has 29 heavy (non-hydrogen) atoms. The van der Waals surface area contributed by atoms with Gasteiger partial charge in [0, 0.05) is 12.1 Å². The Morgan fingerprint density at radius 2 is 1.76 bits per heavy atom. The number of ether oxygens (including phenoxy) is 1. The molecule has 0 fully saturated rings. The van der Waals surface area contributed by atoms with Crippen molar-refractivity contribution >= 4 is 17.2 Å². The Morgan fingerprint density at radius 3 is 2.45 bits per heavy atom. The lowest BCUT2D eigenvalue weighted by atomic mass is 10.1. The van der Waals surface area contributed by atoms with Gasteiger partial charge in [-0.25, -0.2) is 9.37 Å². The van der Waals surface area contributed by atoms with E-state index in [1.165, 1.54) is 12.3 Å². The minimum absolute atomic E-state index is 0.147. The molecule has 0 saturated carbocycles. The molecule has 0 aliphatic rings. The van der Waals surface area contributed by atoms with Crippen molar-refractivity contribution in [2.45, 2.75) is 19.3 Å². The van der Waals surface area contributed by atoms with Crippen LogP contribution in [0.2, 0.25) is 0 Å². The molecular formula is C20H16F4N2O2S. The number of thiazole rings is 1.